The number of anilines is 2. The molecule has 220 valence electrons. The summed E-state index contributed by atoms with van der Waals surface area (Å²) in [4.78, 5) is 59.4. The largest absolute Gasteiger partial charge is 0.497 e. The summed E-state index contributed by atoms with van der Waals surface area (Å²) >= 11 is 2.03. The van der Waals surface area contributed by atoms with Crippen LogP contribution in [0.5, 0.6) is 5.75 Å². The molecule has 2 unspecified atom stereocenters. The molecule has 0 radical (unpaired) electrons. The maximum Gasteiger partial charge on any atom is 0.308 e. The number of carbonyl (C=O) groups is 3. The Hall–Kier alpha value is -4.31. The summed E-state index contributed by atoms with van der Waals surface area (Å²) in [5.74, 6) is -2.21. The van der Waals surface area contributed by atoms with Gasteiger partial charge in [-0.1, -0.05) is 29.2 Å². The summed E-state index contributed by atoms with van der Waals surface area (Å²) in [5.41, 5.74) is 1.39. The average molecular weight is 638 g/mol. The Morgan fingerprint density at radius 3 is 2.40 bits per heavy atom. The zero-order chi connectivity index (χ0) is 30.5. The molecule has 15 heteroatoms. The molecule has 2 aromatic heterocycles. The lowest BCUT2D eigenvalue weighted by atomic mass is 9.84. The molecule has 4 aromatic rings. The quantitative estimate of drug-likeness (QED) is 0.289. The predicted molar refractivity (Wildman–Crippen MR) is 160 cm³/mol. The molecule has 2 aromatic carbocycles. The molecule has 1 fully saturated rings. The average Bonchev–Trinajstić information content (AvgIpc) is 3.43. The standard InChI is InChI=1S/C28H23N5O7S3/c1-40-18-8-6-17(7-9-18)33-25(35)22-21(15-3-2-12-30-13-15)24-27(41-23(22)26(33)36)32(28(37)42-24)14-20(34)31-16-4-10-19(11-5-16)43(29,38)39/h2-13,21-23H,14H2,1H3,(H,31,34)(H2,29,38,39)/t21-,22?,23?/m1/s1. The fourth-order valence-electron chi connectivity index (χ4n) is 5.23. The van der Waals surface area contributed by atoms with Gasteiger partial charge in [-0.2, -0.15) is 0 Å². The lowest BCUT2D eigenvalue weighted by Gasteiger charge is -2.30. The van der Waals surface area contributed by atoms with E-state index in [2.05, 4.69) is 10.3 Å². The predicted octanol–water partition coefficient (Wildman–Crippen LogP) is 2.40. The lowest BCUT2D eigenvalue weighted by Crippen LogP contribution is -2.33. The van der Waals surface area contributed by atoms with Crippen LogP contribution in [0.2, 0.25) is 0 Å². The van der Waals surface area contributed by atoms with E-state index in [1.54, 1.807) is 48.8 Å². The zero-order valence-electron chi connectivity index (χ0n) is 22.4. The van der Waals surface area contributed by atoms with E-state index in [1.807, 2.05) is 0 Å². The SMILES string of the molecule is COc1ccc(N2C(=O)C3Sc4c(sc(=O)n4CC(=O)Nc4ccc(S(N)(=O)=O)cc4)[C@H](c4cccnc4)C3C2=O)cc1. The van der Waals surface area contributed by atoms with Gasteiger partial charge in [0, 0.05) is 28.9 Å². The van der Waals surface area contributed by atoms with Crippen molar-refractivity contribution in [2.24, 2.45) is 11.1 Å². The minimum absolute atomic E-state index is 0.111. The Bertz CT molecular complexity index is 1910. The third kappa shape index (κ3) is 5.24. The molecule has 6 rings (SSSR count). The van der Waals surface area contributed by atoms with Gasteiger partial charge >= 0.3 is 4.87 Å². The van der Waals surface area contributed by atoms with Crippen LogP contribution in [0.15, 0.2) is 87.8 Å². The molecule has 4 heterocycles. The second kappa shape index (κ2) is 11.1. The maximum atomic E-state index is 13.9. The van der Waals surface area contributed by atoms with Gasteiger partial charge in [0.25, 0.3) is 0 Å². The monoisotopic (exact) mass is 637 g/mol. The summed E-state index contributed by atoms with van der Waals surface area (Å²) in [7, 11) is -2.38. The molecular weight excluding hydrogens is 615 g/mol. The number of nitrogens with one attached hydrogen (secondary N) is 1. The Kier molecular flexibility index (Phi) is 7.41. The molecule has 0 spiro atoms. The van der Waals surface area contributed by atoms with Crippen molar-refractivity contribution >= 4 is 62.2 Å². The number of primary sulfonamides is 1. The number of nitrogens with two attached hydrogens (primary N) is 1. The Morgan fingerprint density at radius 1 is 1.05 bits per heavy atom. The van der Waals surface area contributed by atoms with E-state index in [0.717, 1.165) is 23.1 Å². The van der Waals surface area contributed by atoms with E-state index >= 15 is 0 Å². The molecular formula is C28H23N5O7S3. The van der Waals surface area contributed by atoms with Crippen LogP contribution in [0.25, 0.3) is 0 Å². The number of thiazole rings is 1. The molecule has 12 nitrogen and oxygen atoms in total. The van der Waals surface area contributed by atoms with Gasteiger partial charge in [-0.15, -0.1) is 0 Å². The number of imide groups is 1. The lowest BCUT2D eigenvalue weighted by molar-refractivity contribution is -0.122. The van der Waals surface area contributed by atoms with E-state index < -0.39 is 43.8 Å². The van der Waals surface area contributed by atoms with Crippen LogP contribution < -0.4 is 25.0 Å². The van der Waals surface area contributed by atoms with Gasteiger partial charge in [0.2, 0.25) is 27.7 Å². The summed E-state index contributed by atoms with van der Waals surface area (Å²) in [6.07, 6.45) is 3.21. The highest BCUT2D eigenvalue weighted by atomic mass is 32.2. The van der Waals surface area contributed by atoms with Crippen molar-refractivity contribution in [3.05, 3.63) is 93.2 Å². The number of thioether (sulfide) groups is 1. The third-order valence-corrected chi connectivity index (χ3v) is 10.7. The Labute approximate surface area is 253 Å². The highest BCUT2D eigenvalue weighted by Crippen LogP contribution is 2.53. The molecule has 3 N–H and O–H groups in total. The highest BCUT2D eigenvalue weighted by Gasteiger charge is 2.56. The summed E-state index contributed by atoms with van der Waals surface area (Å²) in [6, 6.07) is 15.4. The van der Waals surface area contributed by atoms with Gasteiger partial charge in [-0.3, -0.25) is 28.7 Å². The molecule has 2 aliphatic rings. The first-order valence-corrected chi connectivity index (χ1v) is 16.1. The van der Waals surface area contributed by atoms with Crippen LogP contribution in [-0.2, 0) is 31.0 Å². The third-order valence-electron chi connectivity index (χ3n) is 7.19. The maximum absolute atomic E-state index is 13.9. The van der Waals surface area contributed by atoms with Crippen molar-refractivity contribution in [2.75, 3.05) is 17.3 Å². The number of pyridine rings is 1. The first-order valence-electron chi connectivity index (χ1n) is 12.8. The van der Waals surface area contributed by atoms with Gasteiger partial charge < -0.3 is 10.1 Å². The van der Waals surface area contributed by atoms with Gasteiger partial charge in [0.15, 0.2) is 0 Å². The summed E-state index contributed by atoms with van der Waals surface area (Å²) in [5, 5.41) is 7.36. The van der Waals surface area contributed by atoms with Crippen LogP contribution >= 0.6 is 23.1 Å². The van der Waals surface area contributed by atoms with Gasteiger partial charge in [0.05, 0.1) is 28.6 Å². The minimum Gasteiger partial charge on any atom is -0.497 e. The molecule has 43 heavy (non-hydrogen) atoms. The number of aromatic nitrogens is 2. The second-order valence-electron chi connectivity index (χ2n) is 9.78. The molecule has 1 saturated heterocycles. The van der Waals surface area contributed by atoms with Crippen molar-refractivity contribution in [3.8, 4) is 5.75 Å². The summed E-state index contributed by atoms with van der Waals surface area (Å²) in [6.45, 7) is -0.365. The van der Waals surface area contributed by atoms with Crippen molar-refractivity contribution in [1.82, 2.24) is 9.55 Å². The van der Waals surface area contributed by atoms with E-state index in [1.165, 1.54) is 40.8 Å². The van der Waals surface area contributed by atoms with Crippen molar-refractivity contribution in [3.63, 3.8) is 0 Å². The van der Waals surface area contributed by atoms with Crippen LogP contribution in [0.1, 0.15) is 16.4 Å². The van der Waals surface area contributed by atoms with Gasteiger partial charge in [-0.25, -0.2) is 18.5 Å². The Morgan fingerprint density at radius 2 is 1.77 bits per heavy atom. The van der Waals surface area contributed by atoms with Crippen molar-refractivity contribution in [2.45, 2.75) is 27.6 Å². The number of sulfonamides is 1. The first-order chi connectivity index (χ1) is 20.6. The number of amides is 3. The number of carbonyl (C=O) groups excluding carboxylic acids is 3. The number of methoxy groups -OCH3 is 1. The number of fused-ring (bicyclic) bond motifs is 2. The molecule has 3 amide bonds. The first kappa shape index (κ1) is 28.8. The van der Waals surface area contributed by atoms with Crippen molar-refractivity contribution in [1.29, 1.82) is 0 Å². The summed E-state index contributed by atoms with van der Waals surface area (Å²) < 4.78 is 29.6. The van der Waals surface area contributed by atoms with Crippen molar-refractivity contribution < 1.29 is 27.5 Å². The number of benzene rings is 2. The van der Waals surface area contributed by atoms with E-state index in [9.17, 15) is 27.6 Å². The van der Waals surface area contributed by atoms with Gasteiger partial charge in [0.1, 0.15) is 17.5 Å². The van der Waals surface area contributed by atoms with E-state index in [-0.39, 0.29) is 17.3 Å². The van der Waals surface area contributed by atoms with Crippen LogP contribution in [0, 0.1) is 5.92 Å². The molecule has 3 atom stereocenters. The van der Waals surface area contributed by atoms with Crippen LogP contribution in [-0.4, -0.2) is 48.1 Å². The zero-order valence-corrected chi connectivity index (χ0v) is 24.8. The van der Waals surface area contributed by atoms with E-state index in [4.69, 9.17) is 9.88 Å². The van der Waals surface area contributed by atoms with Crippen LogP contribution in [0.4, 0.5) is 11.4 Å². The normalized spacial score (nSPS) is 19.6. The van der Waals surface area contributed by atoms with E-state index in [0.29, 0.717) is 32.6 Å². The molecule has 0 saturated carbocycles. The van der Waals surface area contributed by atoms with Gasteiger partial charge in [-0.05, 0) is 60.2 Å². The molecule has 2 aliphatic heterocycles. The molecule has 0 aliphatic carbocycles. The fourth-order valence-corrected chi connectivity index (χ4v) is 8.52. The number of nitrogens with zero attached hydrogens (tertiary/aromatic N) is 3. The fraction of sp³-hybridized carbons (Fsp3) is 0.179. The minimum atomic E-state index is -3.90. The Balaban J connectivity index is 1.34. The number of rotatable bonds is 7. The topological polar surface area (TPSA) is 171 Å². The number of hydrogen-bond donors (Lipinski definition) is 2. The van der Waals surface area contributed by atoms with Crippen LogP contribution in [0.3, 0.4) is 0 Å². The smallest absolute Gasteiger partial charge is 0.308 e. The second-order valence-corrected chi connectivity index (χ2v) is 13.5. The highest BCUT2D eigenvalue weighted by molar-refractivity contribution is 8.00. The molecule has 0 bridgehead atoms. The number of ether oxygens (including phenoxy) is 1. The number of hydrogen-bond acceptors (Lipinski definition) is 10.